The summed E-state index contributed by atoms with van der Waals surface area (Å²) in [7, 11) is 0. The van der Waals surface area contributed by atoms with Crippen molar-refractivity contribution in [2.75, 3.05) is 0 Å². The van der Waals surface area contributed by atoms with Crippen LogP contribution < -0.4 is 3.58 Å². The second kappa shape index (κ2) is 6.59. The third-order valence-corrected chi connectivity index (χ3v) is 15.7. The van der Waals surface area contributed by atoms with E-state index in [0.717, 1.165) is 13.3 Å². The van der Waals surface area contributed by atoms with E-state index in [1.54, 1.807) is 0 Å². The average Bonchev–Trinajstić information content (AvgIpc) is 2.37. The number of halogens is 1. The molecule has 4 heteroatoms. The molecule has 0 fully saturated rings. The molecule has 0 N–H and O–H groups in total. The van der Waals surface area contributed by atoms with Crippen LogP contribution in [0.1, 0.15) is 13.8 Å². The second-order valence-corrected chi connectivity index (χ2v) is 16.7. The van der Waals surface area contributed by atoms with Crippen LogP contribution in [0.5, 0.6) is 0 Å². The number of hydrogen-bond acceptors (Lipinski definition) is 2. The Kier molecular flexibility index (Phi) is 5.73. The zero-order chi connectivity index (χ0) is 12.9. The zero-order valence-electron chi connectivity index (χ0n) is 10.2. The summed E-state index contributed by atoms with van der Waals surface area (Å²) < 4.78 is 9.92. The van der Waals surface area contributed by atoms with Gasteiger partial charge in [0.2, 0.25) is 0 Å². The first-order valence-corrected chi connectivity index (χ1v) is 13.1. The molecule has 0 spiro atoms. The van der Waals surface area contributed by atoms with Gasteiger partial charge in [-0.1, -0.05) is 0 Å². The van der Waals surface area contributed by atoms with Gasteiger partial charge in [-0.2, -0.15) is 0 Å². The molecule has 0 heterocycles. The van der Waals surface area contributed by atoms with Crippen LogP contribution in [-0.4, -0.2) is 24.8 Å². The SMILES string of the molecule is C=CC(=O)[O][Sn]([CH2]C)([CH2]C)[c]1ccc(Br)cc1. The molecule has 0 bridgehead atoms. The van der Waals surface area contributed by atoms with Gasteiger partial charge < -0.3 is 0 Å². The van der Waals surface area contributed by atoms with Crippen LogP contribution in [0.2, 0.25) is 8.87 Å². The summed E-state index contributed by atoms with van der Waals surface area (Å²) in [6.45, 7) is 7.69. The standard InChI is InChI=1S/C6H4Br.C3H4O2.2C2H5.Sn/c7-6-4-2-1-3-5-6;1-2-3(4)5;2*1-2;/h2-5H;2H,1H2,(H,4,5);2*1H2,2H3;/q;;;;+1/p-1. The predicted molar refractivity (Wildman–Crippen MR) is 76.8 cm³/mol. The Balaban J connectivity index is 3.09. The van der Waals surface area contributed by atoms with Crippen molar-refractivity contribution in [2.24, 2.45) is 0 Å². The Morgan fingerprint density at radius 1 is 1.35 bits per heavy atom. The number of carbonyl (C=O) groups excluding carboxylic acids is 1. The van der Waals surface area contributed by atoms with E-state index >= 15 is 0 Å². The fourth-order valence-electron chi connectivity index (χ4n) is 1.85. The Bertz CT molecular complexity index is 396. The molecule has 0 aliphatic heterocycles. The number of carbonyl (C=O) groups is 1. The van der Waals surface area contributed by atoms with Crippen LogP contribution in [0.25, 0.3) is 0 Å². The molecule has 0 amide bonds. The number of hydrogen-bond donors (Lipinski definition) is 0. The zero-order valence-corrected chi connectivity index (χ0v) is 14.6. The van der Waals surface area contributed by atoms with E-state index in [1.165, 1.54) is 9.66 Å². The molecule has 2 nitrogen and oxygen atoms in total. The minimum absolute atomic E-state index is 0.285. The minimum atomic E-state index is -3.00. The van der Waals surface area contributed by atoms with Gasteiger partial charge >= 0.3 is 116 Å². The van der Waals surface area contributed by atoms with Gasteiger partial charge in [-0.3, -0.25) is 0 Å². The van der Waals surface area contributed by atoms with Crippen LogP contribution in [0.15, 0.2) is 41.4 Å². The molecule has 0 aromatic heterocycles. The van der Waals surface area contributed by atoms with E-state index < -0.39 is 18.8 Å². The van der Waals surface area contributed by atoms with E-state index in [1.807, 2.05) is 12.1 Å². The van der Waals surface area contributed by atoms with Gasteiger partial charge in [0.25, 0.3) is 0 Å². The third-order valence-electron chi connectivity index (χ3n) is 2.98. The van der Waals surface area contributed by atoms with Crippen LogP contribution >= 0.6 is 15.9 Å². The van der Waals surface area contributed by atoms with E-state index in [0.29, 0.717) is 0 Å². The van der Waals surface area contributed by atoms with Crippen molar-refractivity contribution in [3.05, 3.63) is 41.4 Å². The Morgan fingerprint density at radius 2 is 1.88 bits per heavy atom. The Hall–Kier alpha value is -0.291. The average molecular weight is 404 g/mol. The fraction of sp³-hybridized carbons (Fsp3) is 0.308. The number of rotatable bonds is 5. The summed E-state index contributed by atoms with van der Waals surface area (Å²) >= 11 is 0.423. The molecule has 0 aliphatic rings. The quantitative estimate of drug-likeness (QED) is 0.556. The van der Waals surface area contributed by atoms with Gasteiger partial charge in [0.15, 0.2) is 0 Å². The first-order chi connectivity index (χ1) is 8.07. The first-order valence-electron chi connectivity index (χ1n) is 5.69. The molecule has 17 heavy (non-hydrogen) atoms. The maximum atomic E-state index is 11.5. The van der Waals surface area contributed by atoms with Gasteiger partial charge in [0.05, 0.1) is 0 Å². The van der Waals surface area contributed by atoms with Crippen molar-refractivity contribution in [1.29, 1.82) is 0 Å². The van der Waals surface area contributed by atoms with E-state index in [9.17, 15) is 4.79 Å². The van der Waals surface area contributed by atoms with Crippen LogP contribution in [0.4, 0.5) is 0 Å². The normalized spacial score (nSPS) is 11.0. The fourth-order valence-corrected chi connectivity index (χ4v) is 10.6. The van der Waals surface area contributed by atoms with E-state index in [-0.39, 0.29) is 5.97 Å². The molecular formula is C13H17BrO2Sn. The summed E-state index contributed by atoms with van der Waals surface area (Å²) in [5, 5.41) is 0. The van der Waals surface area contributed by atoms with Crippen molar-refractivity contribution in [3.8, 4) is 0 Å². The molecule has 1 aromatic rings. The Labute approximate surface area is 116 Å². The number of benzene rings is 1. The molecule has 0 radical (unpaired) electrons. The Morgan fingerprint density at radius 3 is 2.29 bits per heavy atom. The van der Waals surface area contributed by atoms with Crippen molar-refractivity contribution in [3.63, 3.8) is 0 Å². The van der Waals surface area contributed by atoms with Gasteiger partial charge in [-0.25, -0.2) is 0 Å². The van der Waals surface area contributed by atoms with Gasteiger partial charge in [0.1, 0.15) is 0 Å². The summed E-state index contributed by atoms with van der Waals surface area (Å²) in [6.07, 6.45) is 1.26. The monoisotopic (exact) mass is 404 g/mol. The van der Waals surface area contributed by atoms with Gasteiger partial charge in [-0.05, 0) is 0 Å². The summed E-state index contributed by atoms with van der Waals surface area (Å²) in [6, 6.07) is 8.16. The molecule has 0 aliphatic carbocycles. The van der Waals surface area contributed by atoms with Crippen molar-refractivity contribution >= 4 is 44.3 Å². The van der Waals surface area contributed by atoms with Gasteiger partial charge in [-0.15, -0.1) is 0 Å². The molecule has 0 saturated carbocycles. The van der Waals surface area contributed by atoms with E-state index in [4.69, 9.17) is 3.07 Å². The van der Waals surface area contributed by atoms with Crippen LogP contribution in [0, 0.1) is 0 Å². The summed E-state index contributed by atoms with van der Waals surface area (Å²) in [5.41, 5.74) is 0. The molecular weight excluding hydrogens is 387 g/mol. The summed E-state index contributed by atoms with van der Waals surface area (Å²) in [5.74, 6) is -0.285. The van der Waals surface area contributed by atoms with Crippen LogP contribution in [-0.2, 0) is 7.87 Å². The van der Waals surface area contributed by atoms with Crippen molar-refractivity contribution in [2.45, 2.75) is 22.7 Å². The van der Waals surface area contributed by atoms with Gasteiger partial charge in [0, 0.05) is 0 Å². The summed E-state index contributed by atoms with van der Waals surface area (Å²) in [4.78, 5) is 11.5. The van der Waals surface area contributed by atoms with Crippen molar-refractivity contribution < 1.29 is 7.87 Å². The second-order valence-electron chi connectivity index (χ2n) is 3.83. The third kappa shape index (κ3) is 3.58. The molecule has 0 unspecified atom stereocenters. The molecule has 1 rings (SSSR count). The molecule has 0 saturated heterocycles. The molecule has 1 aromatic carbocycles. The van der Waals surface area contributed by atoms with E-state index in [2.05, 4.69) is 48.5 Å². The predicted octanol–water partition coefficient (Wildman–Crippen LogP) is 3.37. The van der Waals surface area contributed by atoms with Crippen molar-refractivity contribution in [1.82, 2.24) is 0 Å². The topological polar surface area (TPSA) is 26.3 Å². The van der Waals surface area contributed by atoms with Crippen LogP contribution in [0.3, 0.4) is 0 Å². The molecule has 0 atom stereocenters. The maximum absolute atomic E-state index is 11.5. The molecule has 92 valence electrons. The first kappa shape index (κ1) is 14.8.